The summed E-state index contributed by atoms with van der Waals surface area (Å²) in [4.78, 5) is 29.9. The third-order valence-corrected chi connectivity index (χ3v) is 8.22. The van der Waals surface area contributed by atoms with Crippen LogP contribution in [-0.4, -0.2) is 52.3 Å². The number of nitrogens with one attached hydrogen (secondary N) is 2. The lowest BCUT2D eigenvalue weighted by Crippen LogP contribution is -2.35. The average Bonchev–Trinajstić information content (AvgIpc) is 3.77. The molecule has 9 nitrogen and oxygen atoms in total. The van der Waals surface area contributed by atoms with E-state index in [1.807, 2.05) is 18.2 Å². The molecular weight excluding hydrogens is 594 g/mol. The largest absolute Gasteiger partial charge is 0.398 e. The smallest absolute Gasteiger partial charge is 0.270 e. The number of hydrogen-bond acceptors (Lipinski definition) is 6. The molecule has 0 bridgehead atoms. The Hall–Kier alpha value is -3.70. The molecule has 0 radical (unpaired) electrons. The highest BCUT2D eigenvalue weighted by molar-refractivity contribution is 9.10. The molecule has 0 atom stereocenters. The summed E-state index contributed by atoms with van der Waals surface area (Å²) in [6.07, 6.45) is 3.35. The maximum absolute atomic E-state index is 12.9. The van der Waals surface area contributed by atoms with Gasteiger partial charge in [0.2, 0.25) is 10.0 Å². The van der Waals surface area contributed by atoms with Gasteiger partial charge >= 0.3 is 0 Å². The highest BCUT2D eigenvalue weighted by atomic mass is 79.9. The molecule has 3 aromatic rings. The van der Waals surface area contributed by atoms with E-state index < -0.39 is 15.9 Å². The van der Waals surface area contributed by atoms with E-state index in [0.29, 0.717) is 35.5 Å². The minimum absolute atomic E-state index is 0.144. The van der Waals surface area contributed by atoms with E-state index in [4.69, 9.17) is 5.73 Å². The first-order valence-corrected chi connectivity index (χ1v) is 15.5. The summed E-state index contributed by atoms with van der Waals surface area (Å²) in [5, 5.41) is 5.47. The molecule has 0 saturated heterocycles. The highest BCUT2D eigenvalue weighted by Gasteiger charge is 2.32. The van der Waals surface area contributed by atoms with Crippen LogP contribution in [0.3, 0.4) is 0 Å². The van der Waals surface area contributed by atoms with Crippen LogP contribution in [0.4, 0.5) is 17.1 Å². The average molecular weight is 627 g/mol. The fourth-order valence-electron chi connectivity index (χ4n) is 4.34. The van der Waals surface area contributed by atoms with Gasteiger partial charge in [-0.05, 0) is 79.3 Å². The number of sulfonamides is 1. The molecular formula is C29H32BrN5O4S. The number of halogens is 1. The third-order valence-electron chi connectivity index (χ3n) is 6.51. The van der Waals surface area contributed by atoms with Crippen LogP contribution in [-0.2, 0) is 14.8 Å². The summed E-state index contributed by atoms with van der Waals surface area (Å²) in [5.74, 6) is -0.473. The standard InChI is InChI=1S/C29H32BrN5O4S/c1-32-29(37)27(34-22-13-11-21(30)12-14-22)24-17-23(19-9-10-19)26(18-25(24)31)35(40(2,38)39)16-6-15-33-28(36)20-7-4-3-5-8-20/h3-5,7-8,11-14,17-19H,6,9-10,15-16,31H2,1-2H3,(H,32,37)(H,33,36). The zero-order valence-electron chi connectivity index (χ0n) is 22.4. The Bertz CT molecular complexity index is 1520. The van der Waals surface area contributed by atoms with E-state index in [1.54, 1.807) is 48.5 Å². The molecule has 11 heteroatoms. The zero-order valence-corrected chi connectivity index (χ0v) is 24.8. The Balaban J connectivity index is 1.64. The van der Waals surface area contributed by atoms with Gasteiger partial charge in [-0.3, -0.25) is 13.9 Å². The Labute approximate surface area is 243 Å². The first kappa shape index (κ1) is 29.3. The minimum Gasteiger partial charge on any atom is -0.398 e. The molecule has 0 spiro atoms. The van der Waals surface area contributed by atoms with Gasteiger partial charge in [0.05, 0.1) is 17.6 Å². The topological polar surface area (TPSA) is 134 Å². The van der Waals surface area contributed by atoms with Crippen molar-refractivity contribution in [2.24, 2.45) is 4.99 Å². The lowest BCUT2D eigenvalue weighted by Gasteiger charge is -2.26. The molecule has 40 heavy (non-hydrogen) atoms. The van der Waals surface area contributed by atoms with E-state index >= 15 is 0 Å². The number of likely N-dealkylation sites (N-methyl/N-ethyl adjacent to an activating group) is 1. The summed E-state index contributed by atoms with van der Waals surface area (Å²) >= 11 is 3.40. The molecule has 0 heterocycles. The number of rotatable bonds is 11. The summed E-state index contributed by atoms with van der Waals surface area (Å²) in [7, 11) is -2.15. The van der Waals surface area contributed by atoms with Gasteiger partial charge in [-0.1, -0.05) is 34.1 Å². The maximum atomic E-state index is 12.9. The highest BCUT2D eigenvalue weighted by Crippen LogP contribution is 2.46. The number of anilines is 2. The molecule has 1 aliphatic rings. The summed E-state index contributed by atoms with van der Waals surface area (Å²) in [6, 6.07) is 19.5. The number of amides is 2. The van der Waals surface area contributed by atoms with Crippen LogP contribution in [0.25, 0.3) is 0 Å². The van der Waals surface area contributed by atoms with Crippen LogP contribution in [0, 0.1) is 0 Å². The second kappa shape index (κ2) is 12.6. The number of benzene rings is 3. The van der Waals surface area contributed by atoms with Crippen LogP contribution in [0.1, 0.15) is 46.7 Å². The van der Waals surface area contributed by atoms with Gasteiger partial charge in [-0.15, -0.1) is 0 Å². The number of carbonyl (C=O) groups is 2. The Kier molecular flexibility index (Phi) is 9.26. The lowest BCUT2D eigenvalue weighted by molar-refractivity contribution is -0.114. The van der Waals surface area contributed by atoms with E-state index in [0.717, 1.165) is 29.1 Å². The molecule has 0 aromatic heterocycles. The van der Waals surface area contributed by atoms with Crippen LogP contribution in [0.15, 0.2) is 76.2 Å². The molecule has 210 valence electrons. The maximum Gasteiger partial charge on any atom is 0.270 e. The van der Waals surface area contributed by atoms with Crippen molar-refractivity contribution in [1.29, 1.82) is 0 Å². The van der Waals surface area contributed by atoms with Gasteiger partial charge in [0.25, 0.3) is 11.8 Å². The fourth-order valence-corrected chi connectivity index (χ4v) is 5.58. The van der Waals surface area contributed by atoms with Crippen molar-refractivity contribution in [3.63, 3.8) is 0 Å². The van der Waals surface area contributed by atoms with Crippen molar-refractivity contribution in [2.45, 2.75) is 25.2 Å². The second-order valence-corrected chi connectivity index (χ2v) is 12.4. The third kappa shape index (κ3) is 7.28. The number of aliphatic imine (C=N–C) groups is 1. The molecule has 1 fully saturated rings. The van der Waals surface area contributed by atoms with Gasteiger partial charge in [-0.25, -0.2) is 13.4 Å². The molecule has 3 aromatic carbocycles. The predicted molar refractivity (Wildman–Crippen MR) is 163 cm³/mol. The molecule has 0 aliphatic heterocycles. The Morgan fingerprint density at radius 2 is 1.75 bits per heavy atom. The number of nitrogen functional groups attached to an aromatic ring is 1. The molecule has 0 unspecified atom stereocenters. The molecule has 4 N–H and O–H groups in total. The SMILES string of the molecule is CNC(=O)C(=Nc1ccc(Br)cc1)c1cc(C2CC2)c(N(CCCNC(=O)c2ccccc2)S(C)(=O)=O)cc1N. The molecule has 1 aliphatic carbocycles. The van der Waals surface area contributed by atoms with E-state index in [1.165, 1.54) is 11.4 Å². The van der Waals surface area contributed by atoms with Crippen molar-refractivity contribution in [3.8, 4) is 0 Å². The summed E-state index contributed by atoms with van der Waals surface area (Å²) in [5.41, 5.74) is 9.71. The Morgan fingerprint density at radius 1 is 1.07 bits per heavy atom. The van der Waals surface area contributed by atoms with Crippen LogP contribution < -0.4 is 20.7 Å². The minimum atomic E-state index is -3.67. The van der Waals surface area contributed by atoms with Crippen LogP contribution in [0.2, 0.25) is 0 Å². The van der Waals surface area contributed by atoms with Gasteiger partial charge in [0.15, 0.2) is 0 Å². The van der Waals surface area contributed by atoms with E-state index in [2.05, 4.69) is 31.6 Å². The number of nitrogens with two attached hydrogens (primary N) is 1. The first-order chi connectivity index (χ1) is 19.1. The monoisotopic (exact) mass is 625 g/mol. The molecule has 2 amide bonds. The van der Waals surface area contributed by atoms with Crippen LogP contribution in [0.5, 0.6) is 0 Å². The molecule has 4 rings (SSSR count). The van der Waals surface area contributed by atoms with Gasteiger partial charge in [0, 0.05) is 41.4 Å². The van der Waals surface area contributed by atoms with Crippen molar-refractivity contribution in [2.75, 3.05) is 36.4 Å². The quantitative estimate of drug-likeness (QED) is 0.165. The van der Waals surface area contributed by atoms with Gasteiger partial charge in [-0.2, -0.15) is 0 Å². The van der Waals surface area contributed by atoms with Gasteiger partial charge < -0.3 is 16.4 Å². The summed E-state index contributed by atoms with van der Waals surface area (Å²) in [6.45, 7) is 0.453. The zero-order chi connectivity index (χ0) is 28.9. The normalized spacial score (nSPS) is 13.5. The number of hydrogen-bond donors (Lipinski definition) is 3. The van der Waals surface area contributed by atoms with Crippen molar-refractivity contribution >= 4 is 60.5 Å². The summed E-state index contributed by atoms with van der Waals surface area (Å²) < 4.78 is 28.1. The van der Waals surface area contributed by atoms with Crippen molar-refractivity contribution in [1.82, 2.24) is 10.6 Å². The van der Waals surface area contributed by atoms with Crippen LogP contribution >= 0.6 is 15.9 Å². The van der Waals surface area contributed by atoms with E-state index in [9.17, 15) is 18.0 Å². The lowest BCUT2D eigenvalue weighted by atomic mass is 9.98. The first-order valence-electron chi connectivity index (χ1n) is 12.9. The second-order valence-electron chi connectivity index (χ2n) is 9.60. The number of nitrogens with zero attached hydrogens (tertiary/aromatic N) is 2. The fraction of sp³-hybridized carbons (Fsp3) is 0.276. The Morgan fingerprint density at radius 3 is 2.35 bits per heavy atom. The van der Waals surface area contributed by atoms with Crippen molar-refractivity contribution in [3.05, 3.63) is 87.9 Å². The predicted octanol–water partition coefficient (Wildman–Crippen LogP) is 4.36. The van der Waals surface area contributed by atoms with Gasteiger partial charge in [0.1, 0.15) is 5.71 Å². The van der Waals surface area contributed by atoms with Crippen molar-refractivity contribution < 1.29 is 18.0 Å². The molecule has 1 saturated carbocycles. The number of carbonyl (C=O) groups excluding carboxylic acids is 2. The van der Waals surface area contributed by atoms with E-state index in [-0.39, 0.29) is 29.8 Å².